The molecule has 2 aromatic rings. The van der Waals surface area contributed by atoms with E-state index in [1.165, 1.54) is 6.07 Å². The van der Waals surface area contributed by atoms with Crippen LogP contribution in [0.4, 0.5) is 4.39 Å². The van der Waals surface area contributed by atoms with Crippen LogP contribution in [0.2, 0.25) is 0 Å². The third-order valence-electron chi connectivity index (χ3n) is 3.70. The molecule has 0 spiro atoms. The molecule has 2 rings (SSSR count). The van der Waals surface area contributed by atoms with Crippen LogP contribution in [0.1, 0.15) is 24.5 Å². The van der Waals surface area contributed by atoms with Crippen LogP contribution in [-0.2, 0) is 12.0 Å². The highest BCUT2D eigenvalue weighted by molar-refractivity contribution is 9.10. The summed E-state index contributed by atoms with van der Waals surface area (Å²) in [5, 5.41) is 10.9. The van der Waals surface area contributed by atoms with Gasteiger partial charge < -0.3 is 9.84 Å². The van der Waals surface area contributed by atoms with Gasteiger partial charge in [0.1, 0.15) is 11.6 Å². The molecule has 1 N–H and O–H groups in total. The molecule has 0 bridgehead atoms. The predicted octanol–water partition coefficient (Wildman–Crippen LogP) is 4.44. The van der Waals surface area contributed by atoms with E-state index in [9.17, 15) is 9.50 Å². The van der Waals surface area contributed by atoms with Gasteiger partial charge in [0.25, 0.3) is 0 Å². The summed E-state index contributed by atoms with van der Waals surface area (Å²) in [5.74, 6) is 0.320. The van der Waals surface area contributed by atoms with Crippen LogP contribution < -0.4 is 4.74 Å². The van der Waals surface area contributed by atoms with Crippen LogP contribution in [0, 0.1) is 5.82 Å². The molecule has 2 nitrogen and oxygen atoms in total. The topological polar surface area (TPSA) is 29.5 Å². The first kappa shape index (κ1) is 16.0. The fourth-order valence-electron chi connectivity index (χ4n) is 2.38. The normalized spacial score (nSPS) is 13.8. The lowest BCUT2D eigenvalue weighted by atomic mass is 9.84. The number of methoxy groups -OCH3 is 1. The Bertz CT molecular complexity index is 630. The van der Waals surface area contributed by atoms with Gasteiger partial charge in [0.2, 0.25) is 0 Å². The molecule has 0 saturated carbocycles. The second-order valence-electron chi connectivity index (χ2n) is 5.00. The number of benzene rings is 2. The van der Waals surface area contributed by atoms with E-state index in [1.54, 1.807) is 25.3 Å². The SMILES string of the molecule is CCC(O)(Cc1cc(OC)ccc1Br)c1ccccc1F. The van der Waals surface area contributed by atoms with E-state index in [1.807, 2.05) is 25.1 Å². The van der Waals surface area contributed by atoms with Crippen LogP contribution in [0.3, 0.4) is 0 Å². The molecular formula is C17H18BrFO2. The number of ether oxygens (including phenoxy) is 1. The molecule has 2 aromatic carbocycles. The third kappa shape index (κ3) is 3.44. The van der Waals surface area contributed by atoms with Gasteiger partial charge >= 0.3 is 0 Å². The lowest BCUT2D eigenvalue weighted by Crippen LogP contribution is -2.29. The van der Waals surface area contributed by atoms with Crippen molar-refractivity contribution in [2.45, 2.75) is 25.4 Å². The van der Waals surface area contributed by atoms with Crippen molar-refractivity contribution in [1.29, 1.82) is 0 Å². The van der Waals surface area contributed by atoms with Crippen molar-refractivity contribution >= 4 is 15.9 Å². The van der Waals surface area contributed by atoms with E-state index >= 15 is 0 Å². The molecule has 21 heavy (non-hydrogen) atoms. The zero-order valence-electron chi connectivity index (χ0n) is 12.1. The highest BCUT2D eigenvalue weighted by Crippen LogP contribution is 2.34. The summed E-state index contributed by atoms with van der Waals surface area (Å²) in [5.41, 5.74) is -0.0515. The lowest BCUT2D eigenvalue weighted by Gasteiger charge is -2.28. The van der Waals surface area contributed by atoms with E-state index in [-0.39, 0.29) is 5.82 Å². The van der Waals surface area contributed by atoms with E-state index < -0.39 is 5.60 Å². The molecule has 0 amide bonds. The minimum atomic E-state index is -1.25. The Morgan fingerprint density at radius 3 is 2.57 bits per heavy atom. The molecule has 0 aliphatic carbocycles. The van der Waals surface area contributed by atoms with Gasteiger partial charge in [0, 0.05) is 16.5 Å². The molecule has 0 fully saturated rings. The van der Waals surface area contributed by atoms with Crippen molar-refractivity contribution in [2.24, 2.45) is 0 Å². The summed E-state index contributed by atoms with van der Waals surface area (Å²) in [4.78, 5) is 0. The van der Waals surface area contributed by atoms with Crippen molar-refractivity contribution in [2.75, 3.05) is 7.11 Å². The number of halogens is 2. The van der Waals surface area contributed by atoms with Gasteiger partial charge in [-0.3, -0.25) is 0 Å². The highest BCUT2D eigenvalue weighted by atomic mass is 79.9. The minimum absolute atomic E-state index is 0.308. The average molecular weight is 353 g/mol. The molecule has 0 aliphatic heterocycles. The Balaban J connectivity index is 2.41. The van der Waals surface area contributed by atoms with Crippen LogP contribution in [0.15, 0.2) is 46.9 Å². The average Bonchev–Trinajstić information content (AvgIpc) is 2.49. The Kier molecular flexibility index (Phi) is 5.01. The molecule has 4 heteroatoms. The van der Waals surface area contributed by atoms with Gasteiger partial charge in [-0.15, -0.1) is 0 Å². The van der Waals surface area contributed by atoms with Crippen molar-refractivity contribution in [3.8, 4) is 5.75 Å². The maximum Gasteiger partial charge on any atom is 0.129 e. The Hall–Kier alpha value is -1.39. The highest BCUT2D eigenvalue weighted by Gasteiger charge is 2.31. The first-order chi connectivity index (χ1) is 10.00. The van der Waals surface area contributed by atoms with Gasteiger partial charge in [-0.05, 0) is 36.2 Å². The lowest BCUT2D eigenvalue weighted by molar-refractivity contribution is 0.0290. The summed E-state index contributed by atoms with van der Waals surface area (Å²) in [7, 11) is 1.59. The molecule has 0 aromatic heterocycles. The maximum atomic E-state index is 14.0. The quantitative estimate of drug-likeness (QED) is 0.861. The molecule has 0 aliphatic rings. The third-order valence-corrected chi connectivity index (χ3v) is 4.47. The first-order valence-electron chi connectivity index (χ1n) is 6.80. The molecule has 0 heterocycles. The van der Waals surface area contributed by atoms with Gasteiger partial charge in [0.15, 0.2) is 0 Å². The summed E-state index contributed by atoms with van der Waals surface area (Å²) in [6, 6.07) is 11.9. The number of hydrogen-bond donors (Lipinski definition) is 1. The van der Waals surface area contributed by atoms with E-state index in [2.05, 4.69) is 15.9 Å². The maximum absolute atomic E-state index is 14.0. The Morgan fingerprint density at radius 2 is 1.95 bits per heavy atom. The zero-order chi connectivity index (χ0) is 15.5. The predicted molar refractivity (Wildman–Crippen MR) is 85.0 cm³/mol. The van der Waals surface area contributed by atoms with E-state index in [4.69, 9.17) is 4.74 Å². The summed E-state index contributed by atoms with van der Waals surface area (Å²) >= 11 is 3.47. The number of hydrogen-bond acceptors (Lipinski definition) is 2. The Labute approximate surface area is 132 Å². The van der Waals surface area contributed by atoms with Gasteiger partial charge in [0.05, 0.1) is 12.7 Å². The Morgan fingerprint density at radius 1 is 1.24 bits per heavy atom. The van der Waals surface area contributed by atoms with Crippen molar-refractivity contribution in [1.82, 2.24) is 0 Å². The second kappa shape index (κ2) is 6.58. The van der Waals surface area contributed by atoms with Crippen LogP contribution >= 0.6 is 15.9 Å². The van der Waals surface area contributed by atoms with Gasteiger partial charge in [-0.2, -0.15) is 0 Å². The van der Waals surface area contributed by atoms with Crippen LogP contribution in [0.25, 0.3) is 0 Å². The molecule has 1 atom stereocenters. The largest absolute Gasteiger partial charge is 0.497 e. The van der Waals surface area contributed by atoms with Crippen molar-refractivity contribution in [3.05, 3.63) is 63.9 Å². The standard InChI is InChI=1S/C17H18BrFO2/c1-3-17(20,14-6-4-5-7-16(14)19)11-12-10-13(21-2)8-9-15(12)18/h4-10,20H,3,11H2,1-2H3. The zero-order valence-corrected chi connectivity index (χ0v) is 13.7. The van der Waals surface area contributed by atoms with Crippen LogP contribution in [-0.4, -0.2) is 12.2 Å². The van der Waals surface area contributed by atoms with Crippen LogP contribution in [0.5, 0.6) is 5.75 Å². The fraction of sp³-hybridized carbons (Fsp3) is 0.294. The first-order valence-corrected chi connectivity index (χ1v) is 7.59. The molecular weight excluding hydrogens is 335 g/mol. The molecule has 0 radical (unpaired) electrons. The number of rotatable bonds is 5. The summed E-state index contributed by atoms with van der Waals surface area (Å²) < 4.78 is 20.1. The summed E-state index contributed by atoms with van der Waals surface area (Å²) in [6.45, 7) is 1.85. The molecule has 112 valence electrons. The smallest absolute Gasteiger partial charge is 0.129 e. The van der Waals surface area contributed by atoms with E-state index in [0.29, 0.717) is 24.2 Å². The van der Waals surface area contributed by atoms with Crippen molar-refractivity contribution in [3.63, 3.8) is 0 Å². The number of aliphatic hydroxyl groups is 1. The van der Waals surface area contributed by atoms with Gasteiger partial charge in [-0.25, -0.2) is 4.39 Å². The molecule has 1 unspecified atom stereocenters. The fourth-order valence-corrected chi connectivity index (χ4v) is 2.76. The van der Waals surface area contributed by atoms with Gasteiger partial charge in [-0.1, -0.05) is 41.1 Å². The van der Waals surface area contributed by atoms with Crippen molar-refractivity contribution < 1.29 is 14.2 Å². The second-order valence-corrected chi connectivity index (χ2v) is 5.85. The molecule has 0 saturated heterocycles. The monoisotopic (exact) mass is 352 g/mol. The summed E-state index contributed by atoms with van der Waals surface area (Å²) in [6.07, 6.45) is 0.722. The minimum Gasteiger partial charge on any atom is -0.497 e. The van der Waals surface area contributed by atoms with E-state index in [0.717, 1.165) is 10.0 Å².